The molecule has 1 saturated heterocycles. The molecule has 1 aromatic heterocycles. The van der Waals surface area contributed by atoms with E-state index in [9.17, 15) is 14.4 Å². The monoisotopic (exact) mass is 559 g/mol. The van der Waals surface area contributed by atoms with E-state index >= 15 is 0 Å². The molecule has 2 aliphatic heterocycles. The van der Waals surface area contributed by atoms with E-state index in [4.69, 9.17) is 9.47 Å². The number of nitrogens with zero attached hydrogens (tertiary/aromatic N) is 2. The molecule has 2 aromatic carbocycles. The Balaban J connectivity index is 1.38. The SMILES string of the molecule is CCOCCCNC(=O)c1ccc(N2C[C@H]3C[C@@H](C2)c2cccc(=O)n2C3)c(NC(=O)Nc2cccc(OC)c2)c1. The van der Waals surface area contributed by atoms with Crippen LogP contribution in [0.3, 0.4) is 0 Å². The van der Waals surface area contributed by atoms with Crippen molar-refractivity contribution in [2.24, 2.45) is 5.92 Å². The van der Waals surface area contributed by atoms with Gasteiger partial charge in [-0.25, -0.2) is 4.79 Å². The first-order chi connectivity index (χ1) is 19.9. The van der Waals surface area contributed by atoms with Crippen LogP contribution >= 0.6 is 0 Å². The highest BCUT2D eigenvalue weighted by Gasteiger charge is 2.35. The maximum absolute atomic E-state index is 13.1. The van der Waals surface area contributed by atoms with Crippen molar-refractivity contribution >= 4 is 29.0 Å². The molecule has 41 heavy (non-hydrogen) atoms. The third kappa shape index (κ3) is 6.71. The van der Waals surface area contributed by atoms with Crippen molar-refractivity contribution in [2.45, 2.75) is 32.2 Å². The fraction of sp³-hybridized carbons (Fsp3) is 0.387. The predicted molar refractivity (Wildman–Crippen MR) is 159 cm³/mol. The highest BCUT2D eigenvalue weighted by atomic mass is 16.5. The molecule has 10 heteroatoms. The summed E-state index contributed by atoms with van der Waals surface area (Å²) in [4.78, 5) is 40.8. The molecule has 3 heterocycles. The summed E-state index contributed by atoms with van der Waals surface area (Å²) < 4.78 is 12.5. The van der Waals surface area contributed by atoms with Gasteiger partial charge in [-0.15, -0.1) is 0 Å². The molecule has 10 nitrogen and oxygen atoms in total. The van der Waals surface area contributed by atoms with Crippen LogP contribution < -0.4 is 31.1 Å². The average Bonchev–Trinajstić information content (AvgIpc) is 2.97. The number of ether oxygens (including phenoxy) is 2. The first kappa shape index (κ1) is 28.2. The number of rotatable bonds is 10. The quantitative estimate of drug-likeness (QED) is 0.320. The van der Waals surface area contributed by atoms with Crippen LogP contribution in [-0.4, -0.2) is 56.5 Å². The number of hydrogen-bond acceptors (Lipinski definition) is 6. The Morgan fingerprint density at radius 3 is 2.68 bits per heavy atom. The van der Waals surface area contributed by atoms with Crippen LogP contribution in [0.5, 0.6) is 5.75 Å². The van der Waals surface area contributed by atoms with E-state index in [1.807, 2.05) is 29.7 Å². The van der Waals surface area contributed by atoms with Crippen molar-refractivity contribution in [2.75, 3.05) is 55.5 Å². The highest BCUT2D eigenvalue weighted by molar-refractivity contribution is 6.04. The minimum absolute atomic E-state index is 0.0406. The van der Waals surface area contributed by atoms with Gasteiger partial charge in [-0.1, -0.05) is 12.1 Å². The number of methoxy groups -OCH3 is 1. The van der Waals surface area contributed by atoms with E-state index in [-0.39, 0.29) is 17.4 Å². The molecule has 2 aliphatic rings. The average molecular weight is 560 g/mol. The summed E-state index contributed by atoms with van der Waals surface area (Å²) in [5.41, 5.74) is 3.50. The van der Waals surface area contributed by atoms with Crippen molar-refractivity contribution in [3.63, 3.8) is 0 Å². The summed E-state index contributed by atoms with van der Waals surface area (Å²) in [6.07, 6.45) is 1.73. The Hall–Kier alpha value is -4.31. The minimum Gasteiger partial charge on any atom is -0.497 e. The topological polar surface area (TPSA) is 114 Å². The smallest absolute Gasteiger partial charge is 0.323 e. The molecule has 2 atom stereocenters. The zero-order valence-corrected chi connectivity index (χ0v) is 23.5. The Bertz CT molecular complexity index is 1450. The van der Waals surface area contributed by atoms with Gasteiger partial charge in [0.2, 0.25) is 0 Å². The number of pyridine rings is 1. The number of benzene rings is 2. The standard InChI is InChI=1S/C31H37N5O5/c1-3-41-14-6-13-32-30(38)22-11-12-28(26(16-22)34-31(39)33-24-7-4-8-25(17-24)40-2)35-18-21-15-23(20-35)27-9-5-10-29(37)36(27)19-21/h4-5,7-12,16-17,21,23H,3,6,13-15,18-20H2,1-2H3,(H,32,38)(H2,33,34,39)/t21-,23+/m1/s1. The van der Waals surface area contributed by atoms with Gasteiger partial charge in [0.1, 0.15) is 5.75 Å². The van der Waals surface area contributed by atoms with Gasteiger partial charge in [0.25, 0.3) is 11.5 Å². The molecule has 2 bridgehead atoms. The first-order valence-corrected chi connectivity index (χ1v) is 14.1. The fourth-order valence-corrected chi connectivity index (χ4v) is 5.75. The van der Waals surface area contributed by atoms with Gasteiger partial charge in [-0.05, 0) is 62.1 Å². The van der Waals surface area contributed by atoms with E-state index < -0.39 is 6.03 Å². The molecule has 3 aromatic rings. The Morgan fingerprint density at radius 1 is 1.00 bits per heavy atom. The lowest BCUT2D eigenvalue weighted by Gasteiger charge is -2.44. The summed E-state index contributed by atoms with van der Waals surface area (Å²) >= 11 is 0. The van der Waals surface area contributed by atoms with Gasteiger partial charge in [0, 0.05) is 74.4 Å². The molecule has 0 unspecified atom stereocenters. The van der Waals surface area contributed by atoms with Gasteiger partial charge < -0.3 is 34.9 Å². The third-order valence-corrected chi connectivity index (χ3v) is 7.61. The van der Waals surface area contributed by atoms with Gasteiger partial charge in [0.05, 0.1) is 18.5 Å². The molecule has 0 aliphatic carbocycles. The van der Waals surface area contributed by atoms with Crippen LogP contribution in [0.4, 0.5) is 21.9 Å². The summed E-state index contributed by atoms with van der Waals surface area (Å²) in [6.45, 7) is 5.77. The number of nitrogens with one attached hydrogen (secondary N) is 3. The number of urea groups is 1. The second-order valence-corrected chi connectivity index (χ2v) is 10.5. The van der Waals surface area contributed by atoms with E-state index in [0.717, 1.165) is 24.3 Å². The minimum atomic E-state index is -0.428. The summed E-state index contributed by atoms with van der Waals surface area (Å²) in [7, 11) is 1.57. The molecule has 0 spiro atoms. The van der Waals surface area contributed by atoms with E-state index in [0.29, 0.717) is 67.9 Å². The molecule has 0 saturated carbocycles. The fourth-order valence-electron chi connectivity index (χ4n) is 5.75. The number of amides is 3. The molecule has 0 radical (unpaired) electrons. The van der Waals surface area contributed by atoms with Crippen molar-refractivity contribution in [1.29, 1.82) is 0 Å². The van der Waals surface area contributed by atoms with Crippen LogP contribution in [0.2, 0.25) is 0 Å². The molecule has 5 rings (SSSR count). The Labute approximate surface area is 239 Å². The number of carbonyl (C=O) groups excluding carboxylic acids is 2. The summed E-state index contributed by atoms with van der Waals surface area (Å²) in [5, 5.41) is 8.77. The van der Waals surface area contributed by atoms with Gasteiger partial charge in [-0.3, -0.25) is 9.59 Å². The van der Waals surface area contributed by atoms with Crippen LogP contribution in [0, 0.1) is 5.92 Å². The van der Waals surface area contributed by atoms with Crippen LogP contribution in [0.25, 0.3) is 0 Å². The summed E-state index contributed by atoms with van der Waals surface area (Å²) in [6, 6.07) is 17.6. The van der Waals surface area contributed by atoms with E-state index in [1.54, 1.807) is 49.6 Å². The van der Waals surface area contributed by atoms with E-state index in [2.05, 4.69) is 20.9 Å². The number of carbonyl (C=O) groups is 2. The lowest BCUT2D eigenvalue weighted by molar-refractivity contribution is 0.0944. The predicted octanol–water partition coefficient (Wildman–Crippen LogP) is 4.28. The van der Waals surface area contributed by atoms with Crippen molar-refractivity contribution in [3.8, 4) is 5.75 Å². The lowest BCUT2D eigenvalue weighted by atomic mass is 9.83. The maximum Gasteiger partial charge on any atom is 0.323 e. The molecular formula is C31H37N5O5. The number of piperidine rings is 1. The van der Waals surface area contributed by atoms with Crippen molar-refractivity contribution in [1.82, 2.24) is 9.88 Å². The molecule has 3 amide bonds. The molecule has 1 fully saturated rings. The Kier molecular flexibility index (Phi) is 8.88. The number of anilines is 3. The van der Waals surface area contributed by atoms with Gasteiger partial charge in [-0.2, -0.15) is 0 Å². The van der Waals surface area contributed by atoms with Crippen LogP contribution in [-0.2, 0) is 11.3 Å². The molecule has 216 valence electrons. The number of aromatic nitrogens is 1. The Morgan fingerprint density at radius 2 is 1.85 bits per heavy atom. The summed E-state index contributed by atoms with van der Waals surface area (Å²) in [5.74, 6) is 0.912. The van der Waals surface area contributed by atoms with Gasteiger partial charge in [0.15, 0.2) is 0 Å². The third-order valence-electron chi connectivity index (χ3n) is 7.61. The number of hydrogen-bond donors (Lipinski definition) is 3. The molecule has 3 N–H and O–H groups in total. The van der Waals surface area contributed by atoms with Gasteiger partial charge >= 0.3 is 6.03 Å². The van der Waals surface area contributed by atoms with Crippen molar-refractivity contribution < 1.29 is 19.1 Å². The zero-order valence-electron chi connectivity index (χ0n) is 23.5. The van der Waals surface area contributed by atoms with Crippen molar-refractivity contribution in [3.05, 3.63) is 82.3 Å². The van der Waals surface area contributed by atoms with E-state index in [1.165, 1.54) is 0 Å². The molecular weight excluding hydrogens is 522 g/mol. The van der Waals surface area contributed by atoms with Crippen LogP contribution in [0.15, 0.2) is 65.5 Å². The maximum atomic E-state index is 13.1. The zero-order chi connectivity index (χ0) is 28.8. The largest absolute Gasteiger partial charge is 0.497 e. The first-order valence-electron chi connectivity index (χ1n) is 14.1. The highest BCUT2D eigenvalue weighted by Crippen LogP contribution is 2.39. The number of fused-ring (bicyclic) bond motifs is 4. The van der Waals surface area contributed by atoms with Crippen LogP contribution in [0.1, 0.15) is 41.7 Å². The normalized spacial score (nSPS) is 17.4. The second-order valence-electron chi connectivity index (χ2n) is 10.5. The second kappa shape index (κ2) is 12.9. The lowest BCUT2D eigenvalue weighted by Crippen LogP contribution is -2.47.